The molecule has 0 bridgehead atoms. The Kier molecular flexibility index (Phi) is 2.18. The number of hydrogen-bond donors (Lipinski definition) is 0. The van der Waals surface area contributed by atoms with Gasteiger partial charge in [0.25, 0.3) is 0 Å². The fourth-order valence-electron chi connectivity index (χ4n) is 0.790. The number of rotatable bonds is 0. The van der Waals surface area contributed by atoms with E-state index in [0.717, 1.165) is 4.31 Å². The summed E-state index contributed by atoms with van der Waals surface area (Å²) in [7, 11) is -2.07. The number of nitrogens with zero attached hydrogens (tertiary/aromatic N) is 1. The van der Waals surface area contributed by atoms with Gasteiger partial charge in [-0.1, -0.05) is 5.92 Å². The lowest BCUT2D eigenvalue weighted by Gasteiger charge is -2.25. The second-order valence-electron chi connectivity index (χ2n) is 2.32. The fourth-order valence-corrected chi connectivity index (χ4v) is 1.71. The van der Waals surface area contributed by atoms with Gasteiger partial charge in [0, 0.05) is 20.0 Å². The molecule has 0 spiro atoms. The highest BCUT2D eigenvalue weighted by Crippen LogP contribution is 2.14. The Hall–Kier alpha value is -0.570. The Balaban J connectivity index is 2.77. The second-order valence-corrected chi connectivity index (χ2v) is 3.99. The molecule has 1 fully saturated rings. The molecule has 0 saturated carbocycles. The molecule has 1 aliphatic rings. The maximum Gasteiger partial charge on any atom is 0.339 e. The van der Waals surface area contributed by atoms with Crippen LogP contribution in [0.1, 0.15) is 6.42 Å². The lowest BCUT2D eigenvalue weighted by molar-refractivity contribution is 0.185. The molecule has 0 aliphatic carbocycles. The molecule has 0 aromatic rings. The molecule has 1 saturated heterocycles. The van der Waals surface area contributed by atoms with Gasteiger partial charge in [0.15, 0.2) is 0 Å². The zero-order valence-corrected chi connectivity index (χ0v) is 6.97. The summed E-state index contributed by atoms with van der Waals surface area (Å²) in [5.41, 5.74) is 0. The maximum absolute atomic E-state index is 11.0. The molecule has 1 unspecified atom stereocenters. The summed E-state index contributed by atoms with van der Waals surface area (Å²) >= 11 is 0. The van der Waals surface area contributed by atoms with Gasteiger partial charge in [-0.25, -0.2) is 4.18 Å². The highest BCUT2D eigenvalue weighted by Gasteiger charge is 2.28. The van der Waals surface area contributed by atoms with Gasteiger partial charge >= 0.3 is 10.3 Å². The molecule has 1 rings (SSSR count). The Morgan fingerprint density at radius 3 is 2.82 bits per heavy atom. The van der Waals surface area contributed by atoms with Gasteiger partial charge in [0.05, 0.1) is 0 Å². The van der Waals surface area contributed by atoms with Gasteiger partial charge in [-0.05, 0) is 0 Å². The van der Waals surface area contributed by atoms with Crippen LogP contribution in [-0.4, -0.2) is 32.4 Å². The normalized spacial score (nSPS) is 31.1. The number of hydrogen-bond acceptors (Lipinski definition) is 3. The van der Waals surface area contributed by atoms with Crippen LogP contribution in [0, 0.1) is 12.3 Å². The van der Waals surface area contributed by atoms with E-state index in [4.69, 9.17) is 6.42 Å². The van der Waals surface area contributed by atoms with E-state index in [1.807, 2.05) is 0 Å². The minimum atomic E-state index is -3.53. The molecule has 5 heteroatoms. The molecule has 0 aromatic carbocycles. The van der Waals surface area contributed by atoms with Crippen LogP contribution in [0.25, 0.3) is 0 Å². The Labute approximate surface area is 66.4 Å². The van der Waals surface area contributed by atoms with Crippen molar-refractivity contribution in [3.63, 3.8) is 0 Å². The SMILES string of the molecule is C#CC1CCN(C)S(=O)(=O)O1. The fraction of sp³-hybridized carbons (Fsp3) is 0.667. The first-order valence-electron chi connectivity index (χ1n) is 3.17. The van der Waals surface area contributed by atoms with Crippen molar-refractivity contribution in [1.29, 1.82) is 0 Å². The minimum Gasteiger partial charge on any atom is -0.241 e. The van der Waals surface area contributed by atoms with Gasteiger partial charge in [0.2, 0.25) is 0 Å². The molecule has 1 atom stereocenters. The summed E-state index contributed by atoms with van der Waals surface area (Å²) in [6, 6.07) is 0. The molecule has 0 radical (unpaired) electrons. The quantitative estimate of drug-likeness (QED) is 0.470. The third-order valence-electron chi connectivity index (χ3n) is 1.51. The predicted molar refractivity (Wildman–Crippen MR) is 39.9 cm³/mol. The van der Waals surface area contributed by atoms with E-state index in [9.17, 15) is 8.42 Å². The average Bonchev–Trinajstić information content (AvgIpc) is 1.95. The van der Waals surface area contributed by atoms with Crippen LogP contribution in [0.2, 0.25) is 0 Å². The molecule has 11 heavy (non-hydrogen) atoms. The minimum absolute atomic E-state index is 0.428. The molecule has 4 nitrogen and oxygen atoms in total. The van der Waals surface area contributed by atoms with Crippen molar-refractivity contribution >= 4 is 10.3 Å². The van der Waals surface area contributed by atoms with Gasteiger partial charge < -0.3 is 0 Å². The van der Waals surface area contributed by atoms with Gasteiger partial charge in [-0.2, -0.15) is 12.7 Å². The summed E-state index contributed by atoms with van der Waals surface area (Å²) in [5.74, 6) is 2.25. The van der Waals surface area contributed by atoms with Crippen LogP contribution in [-0.2, 0) is 14.5 Å². The van der Waals surface area contributed by atoms with E-state index in [1.165, 1.54) is 7.05 Å². The van der Waals surface area contributed by atoms with E-state index in [2.05, 4.69) is 10.1 Å². The Bertz CT molecular complexity index is 277. The monoisotopic (exact) mass is 175 g/mol. The summed E-state index contributed by atoms with van der Waals surface area (Å²) in [5, 5.41) is 0. The first-order valence-corrected chi connectivity index (χ1v) is 4.53. The van der Waals surface area contributed by atoms with Crippen LogP contribution in [0.3, 0.4) is 0 Å². The molecule has 1 heterocycles. The summed E-state index contributed by atoms with van der Waals surface area (Å²) < 4.78 is 27.7. The van der Waals surface area contributed by atoms with E-state index >= 15 is 0 Å². The summed E-state index contributed by atoms with van der Waals surface area (Å²) in [4.78, 5) is 0. The van der Waals surface area contributed by atoms with Crippen LogP contribution >= 0.6 is 0 Å². The lowest BCUT2D eigenvalue weighted by atomic mass is 10.3. The average molecular weight is 175 g/mol. The maximum atomic E-state index is 11.0. The zero-order valence-electron chi connectivity index (χ0n) is 6.15. The van der Waals surface area contributed by atoms with E-state index in [0.29, 0.717) is 13.0 Å². The second kappa shape index (κ2) is 2.81. The molecule has 1 aliphatic heterocycles. The smallest absolute Gasteiger partial charge is 0.241 e. The molecule has 0 aromatic heterocycles. The molecule has 0 N–H and O–H groups in total. The molecular weight excluding hydrogens is 166 g/mol. The van der Waals surface area contributed by atoms with Crippen LogP contribution in [0.15, 0.2) is 0 Å². The van der Waals surface area contributed by atoms with Crippen molar-refractivity contribution in [1.82, 2.24) is 4.31 Å². The highest BCUT2D eigenvalue weighted by molar-refractivity contribution is 7.84. The topological polar surface area (TPSA) is 46.6 Å². The van der Waals surface area contributed by atoms with Crippen molar-refractivity contribution in [3.05, 3.63) is 0 Å². The third-order valence-corrected chi connectivity index (χ3v) is 2.93. The first kappa shape index (κ1) is 8.53. The van der Waals surface area contributed by atoms with E-state index < -0.39 is 16.4 Å². The third kappa shape index (κ3) is 1.71. The zero-order chi connectivity index (χ0) is 8.48. The van der Waals surface area contributed by atoms with Crippen molar-refractivity contribution in [2.24, 2.45) is 0 Å². The summed E-state index contributed by atoms with van der Waals surface area (Å²) in [6.45, 7) is 0.428. The van der Waals surface area contributed by atoms with Crippen LogP contribution in [0.5, 0.6) is 0 Å². The molecular formula is C6H9NO3S. The number of terminal acetylenes is 1. The lowest BCUT2D eigenvalue weighted by Crippen LogP contribution is -2.39. The van der Waals surface area contributed by atoms with Crippen molar-refractivity contribution in [2.75, 3.05) is 13.6 Å². The Morgan fingerprint density at radius 1 is 1.73 bits per heavy atom. The molecule has 0 amide bonds. The first-order chi connectivity index (χ1) is 5.06. The highest BCUT2D eigenvalue weighted by atomic mass is 32.2. The van der Waals surface area contributed by atoms with Gasteiger partial charge in [-0.15, -0.1) is 6.42 Å². The van der Waals surface area contributed by atoms with Crippen molar-refractivity contribution in [2.45, 2.75) is 12.5 Å². The van der Waals surface area contributed by atoms with Crippen LogP contribution in [0.4, 0.5) is 0 Å². The van der Waals surface area contributed by atoms with Gasteiger partial charge in [0.1, 0.15) is 6.10 Å². The van der Waals surface area contributed by atoms with Crippen molar-refractivity contribution < 1.29 is 12.6 Å². The Morgan fingerprint density at radius 2 is 2.36 bits per heavy atom. The standard InChI is InChI=1S/C6H9NO3S/c1-3-6-4-5-7(2)11(8,9)10-6/h1,6H,4-5H2,2H3. The van der Waals surface area contributed by atoms with Crippen LogP contribution < -0.4 is 0 Å². The van der Waals surface area contributed by atoms with Gasteiger partial charge in [-0.3, -0.25) is 0 Å². The summed E-state index contributed by atoms with van der Waals surface area (Å²) in [6.07, 6.45) is 4.99. The predicted octanol–water partition coefficient (Wildman–Crippen LogP) is -0.415. The van der Waals surface area contributed by atoms with E-state index in [1.54, 1.807) is 0 Å². The van der Waals surface area contributed by atoms with E-state index in [-0.39, 0.29) is 0 Å². The largest absolute Gasteiger partial charge is 0.339 e. The van der Waals surface area contributed by atoms with Crippen molar-refractivity contribution in [3.8, 4) is 12.3 Å². The molecule has 62 valence electrons.